The number of carboxylic acid groups (broad SMARTS) is 1. The number of aliphatic hydroxyl groups excluding tert-OH is 10. The molecule has 16 unspecified atom stereocenters. The van der Waals surface area contributed by atoms with Crippen LogP contribution < -0.4 is 5.32 Å². The van der Waals surface area contributed by atoms with E-state index in [2.05, 4.69) is 5.32 Å². The van der Waals surface area contributed by atoms with Crippen molar-refractivity contribution in [2.24, 2.45) is 5.92 Å². The lowest BCUT2D eigenvalue weighted by Crippen LogP contribution is -2.61. The number of aliphatic carboxylic acids is 1. The molecule has 0 aliphatic carbocycles. The standard InChI is InChI=1S/C15H22O9.C14H23NO6.C12H18O7.C7H12O6.C7H14O5.C6H12O4.6C2H6.CH4/c1-7-13(22-9(3)17)15(24-11(5)19)14(23-10(4)18)12(21-7)6-20-8(2)16;1-7-13(15-9(3)16)8(2)20-12(6-19-10(4)17)14(7)21-11(5)18;1-6-11(18-8(3)14)12(19-9(4)15)10(17-6)5-16-7(2)13;1-2-3(8)4(9)5(10)6(13-2)7(11)12;1-3-5(9)7(11)6(10)4(2-8)12-3;1-3-5(8)6(9)4(2-7)10-3;6*1-2;/h7,12-15H,6H2,1-5H3;7-8,12-14H,6H2,1-5H3,(H,15,16);6,10-12H,5H2,1-4H3;2-6,8-10H,1H3,(H,11,12);3-11H,2H2,1H3;3-9H,2H2,1H3;6*1-2H3;1H4/t7-,12?,13?,14?,15?;7?,8-,12?,13?,14?;6-,10+,11-,12+;2-,3?,4?,5?,6?;3-,4?,5?,6?,7?;3-,4+,5-,6+;;;;;;;/m000000......./s1. The Kier molecular flexibility index (Phi) is 68.7. The molecule has 0 aromatic rings. The van der Waals surface area contributed by atoms with E-state index in [-0.39, 0.29) is 70.5 Å². The second-order valence-corrected chi connectivity index (χ2v) is 23.7. The molecule has 6 rings (SSSR count). The molecular formula is C74H141NO37. The molecule has 0 saturated carbocycles. The van der Waals surface area contributed by atoms with Crippen LogP contribution in [-0.2, 0) is 124 Å². The van der Waals surface area contributed by atoms with Crippen LogP contribution in [0.15, 0.2) is 0 Å². The fourth-order valence-corrected chi connectivity index (χ4v) is 10.6. The minimum atomic E-state index is -1.59. The van der Waals surface area contributed by atoms with E-state index in [1.807, 2.05) is 96.9 Å². The van der Waals surface area contributed by atoms with Crippen LogP contribution in [0.25, 0.3) is 0 Å². The highest BCUT2D eigenvalue weighted by molar-refractivity contribution is 5.74. The highest BCUT2D eigenvalue weighted by atomic mass is 16.7. The molecule has 28 atom stereocenters. The largest absolute Gasteiger partial charge is 0.479 e. The van der Waals surface area contributed by atoms with E-state index in [0.29, 0.717) is 0 Å². The molecule has 6 heterocycles. The molecule has 0 aromatic carbocycles. The lowest BCUT2D eigenvalue weighted by molar-refractivity contribution is -0.249. The number of carbonyl (C=O) groups excluding carboxylic acids is 10. The predicted octanol–water partition coefficient (Wildman–Crippen LogP) is 1.81. The van der Waals surface area contributed by atoms with Crippen molar-refractivity contribution in [3.63, 3.8) is 0 Å². The molecule has 0 aromatic heterocycles. The van der Waals surface area contributed by atoms with Gasteiger partial charge in [-0.3, -0.25) is 47.9 Å². The van der Waals surface area contributed by atoms with Crippen LogP contribution in [0.1, 0.15) is 208 Å². The van der Waals surface area contributed by atoms with Gasteiger partial charge in [0, 0.05) is 75.2 Å². The van der Waals surface area contributed by atoms with Gasteiger partial charge >= 0.3 is 59.7 Å². The summed E-state index contributed by atoms with van der Waals surface area (Å²) >= 11 is 0. The maximum Gasteiger partial charge on any atom is 0.335 e. The summed E-state index contributed by atoms with van der Waals surface area (Å²) in [5, 5.41) is 102. The zero-order valence-electron chi connectivity index (χ0n) is 70.2. The molecule has 38 nitrogen and oxygen atoms in total. The second-order valence-electron chi connectivity index (χ2n) is 23.7. The number of rotatable bonds is 16. The number of aliphatic hydroxyl groups is 10. The molecule has 6 fully saturated rings. The van der Waals surface area contributed by atoms with Crippen LogP contribution in [-0.4, -0.2) is 320 Å². The van der Waals surface area contributed by atoms with E-state index in [4.69, 9.17) is 96.6 Å². The predicted molar refractivity (Wildman–Crippen MR) is 401 cm³/mol. The molecule has 6 aliphatic heterocycles. The van der Waals surface area contributed by atoms with Gasteiger partial charge in [0.1, 0.15) is 105 Å². The number of carbonyl (C=O) groups is 11. The Morgan fingerprint density at radius 1 is 0.295 bits per heavy atom. The first-order chi connectivity index (χ1) is 51.8. The van der Waals surface area contributed by atoms with Crippen molar-refractivity contribution in [2.75, 3.05) is 33.0 Å². The van der Waals surface area contributed by atoms with Crippen molar-refractivity contribution in [1.82, 2.24) is 5.32 Å². The van der Waals surface area contributed by atoms with E-state index in [1.165, 1.54) is 76.2 Å². The van der Waals surface area contributed by atoms with Gasteiger partial charge in [-0.05, 0) is 41.5 Å². The van der Waals surface area contributed by atoms with Gasteiger partial charge in [0.15, 0.2) is 36.6 Å². The van der Waals surface area contributed by atoms with Crippen LogP contribution in [0.5, 0.6) is 0 Å². The first-order valence-electron chi connectivity index (χ1n) is 37.4. The number of esters is 9. The van der Waals surface area contributed by atoms with E-state index in [0.717, 1.165) is 0 Å². The van der Waals surface area contributed by atoms with Gasteiger partial charge in [0.2, 0.25) is 5.91 Å². The zero-order valence-corrected chi connectivity index (χ0v) is 70.2. The van der Waals surface area contributed by atoms with Gasteiger partial charge < -0.3 is 133 Å². The third kappa shape index (κ3) is 44.4. The van der Waals surface area contributed by atoms with E-state index >= 15 is 0 Å². The second kappa shape index (κ2) is 64.8. The van der Waals surface area contributed by atoms with Crippen LogP contribution in [0.2, 0.25) is 0 Å². The lowest BCUT2D eigenvalue weighted by atomic mass is 9.86. The van der Waals surface area contributed by atoms with E-state index in [9.17, 15) is 83.4 Å². The van der Waals surface area contributed by atoms with Gasteiger partial charge in [0.05, 0.1) is 55.9 Å². The summed E-state index contributed by atoms with van der Waals surface area (Å²) < 4.78 is 77.5. The summed E-state index contributed by atoms with van der Waals surface area (Å²) in [7, 11) is 0. The maximum absolute atomic E-state index is 11.4. The summed E-state index contributed by atoms with van der Waals surface area (Å²) in [6, 6.07) is -0.277. The minimum absolute atomic E-state index is 0. The van der Waals surface area contributed by atoms with Crippen LogP contribution >= 0.6 is 0 Å². The third-order valence-corrected chi connectivity index (χ3v) is 15.3. The lowest BCUT2D eigenvalue weighted by Gasteiger charge is -2.44. The number of carboxylic acids is 1. The van der Waals surface area contributed by atoms with Gasteiger partial charge in [-0.2, -0.15) is 0 Å². The number of ether oxygens (including phenoxy) is 15. The Labute approximate surface area is 660 Å². The smallest absolute Gasteiger partial charge is 0.335 e. The van der Waals surface area contributed by atoms with Crippen molar-refractivity contribution in [2.45, 2.75) is 373 Å². The Morgan fingerprint density at radius 2 is 0.536 bits per heavy atom. The minimum Gasteiger partial charge on any atom is -0.479 e. The summed E-state index contributed by atoms with van der Waals surface area (Å²) in [4.78, 5) is 122. The van der Waals surface area contributed by atoms with Crippen molar-refractivity contribution in [3.8, 4) is 0 Å². The fourth-order valence-electron chi connectivity index (χ4n) is 10.6. The van der Waals surface area contributed by atoms with E-state index in [1.54, 1.807) is 27.7 Å². The van der Waals surface area contributed by atoms with Gasteiger partial charge in [-0.1, -0.05) is 97.4 Å². The van der Waals surface area contributed by atoms with Crippen molar-refractivity contribution >= 4 is 65.6 Å². The summed E-state index contributed by atoms with van der Waals surface area (Å²) in [5.41, 5.74) is 0. The number of hydrogen-bond acceptors (Lipinski definition) is 36. The highest BCUT2D eigenvalue weighted by Crippen LogP contribution is 2.32. The summed E-state index contributed by atoms with van der Waals surface area (Å²) in [6.07, 6.45) is -23.1. The Hall–Kier alpha value is -6.47. The van der Waals surface area contributed by atoms with Gasteiger partial charge in [-0.15, -0.1) is 0 Å². The molecule has 0 radical (unpaired) electrons. The topological polar surface area (TPSA) is 561 Å². The third-order valence-electron chi connectivity index (χ3n) is 15.3. The molecule has 1 amide bonds. The number of hydrogen-bond donors (Lipinski definition) is 12. The summed E-state index contributed by atoms with van der Waals surface area (Å²) in [6.45, 7) is 47.3. The zero-order chi connectivity index (χ0) is 88.4. The van der Waals surface area contributed by atoms with Crippen molar-refractivity contribution in [3.05, 3.63) is 0 Å². The molecule has 0 spiro atoms. The van der Waals surface area contributed by atoms with Crippen LogP contribution in [0.4, 0.5) is 0 Å². The Balaban J connectivity index is -0.000000233. The van der Waals surface area contributed by atoms with Crippen molar-refractivity contribution in [1.29, 1.82) is 0 Å². The highest BCUT2D eigenvalue weighted by Gasteiger charge is 2.52. The first-order valence-corrected chi connectivity index (χ1v) is 37.4. The molecule has 112 heavy (non-hydrogen) atoms. The summed E-state index contributed by atoms with van der Waals surface area (Å²) in [5.74, 6) is -6.49. The maximum atomic E-state index is 11.4. The number of nitrogens with one attached hydrogen (secondary N) is 1. The molecular weight excluding hydrogens is 1490 g/mol. The normalized spacial score (nSPS) is 32.6. The molecule has 12 N–H and O–H groups in total. The van der Waals surface area contributed by atoms with Gasteiger partial charge in [-0.25, -0.2) is 4.79 Å². The first kappa shape index (κ1) is 119. The Bertz CT molecular complexity index is 2600. The van der Waals surface area contributed by atoms with Crippen LogP contribution in [0.3, 0.4) is 0 Å². The monoisotopic (exact) mass is 1640 g/mol. The average molecular weight is 1640 g/mol. The molecule has 6 aliphatic rings. The molecule has 38 heteroatoms. The quantitative estimate of drug-likeness (QED) is 0.0774. The molecule has 664 valence electrons. The molecule has 6 saturated heterocycles. The van der Waals surface area contributed by atoms with E-state index < -0.39 is 206 Å². The van der Waals surface area contributed by atoms with Crippen molar-refractivity contribution < 1.29 is 180 Å². The molecule has 0 bridgehead atoms. The Morgan fingerprint density at radius 3 is 0.821 bits per heavy atom. The van der Waals surface area contributed by atoms with Gasteiger partial charge in [0.25, 0.3) is 0 Å². The number of amides is 1. The SMILES string of the molecule is C.CC.CC.CC.CC.CC.CC.CC(=O)NC1C(C)C(OC(C)=O)C(COC(C)=O)O[C@H]1C.CC(=O)OCC1O[C@@H](C)C(OC(C)=O)C(OC(C)=O)C1OC(C)=O.CC(=O)OC[C@H]1O[C@@H](C)[C@H](OC(C)=O)[C@@H]1OC(C)=O.C[C@@H]1OC(C(=O)O)C(O)C(O)C1O.C[C@@H]1OC(CO)C(O)C(O)C1O.C[C@@H]1O[C@H](CO)[C@@H](O)[C@H]1O. The fraction of sp³-hybridized carbons (Fsp3) is 0.851. The average Bonchev–Trinajstić information content (AvgIpc) is 1.22. The van der Waals surface area contributed by atoms with Crippen LogP contribution in [0, 0.1) is 5.92 Å².